The van der Waals surface area contributed by atoms with E-state index in [2.05, 4.69) is 9.98 Å². The predicted octanol–water partition coefficient (Wildman–Crippen LogP) is 1.60. The van der Waals surface area contributed by atoms with Gasteiger partial charge < -0.3 is 0 Å². The maximum atomic E-state index is 4.07. The van der Waals surface area contributed by atoms with E-state index in [-0.39, 0.29) is 0 Å². The number of dihydropyridines is 1. The van der Waals surface area contributed by atoms with Gasteiger partial charge in [-0.1, -0.05) is 12.2 Å². The smallest absolute Gasteiger partial charge is 0.153 e. The number of hydrogen-bond donors (Lipinski definition) is 0. The number of rotatable bonds is 0. The Morgan fingerprint density at radius 1 is 1.60 bits per heavy atom. The van der Waals surface area contributed by atoms with Crippen molar-refractivity contribution in [2.24, 2.45) is 9.98 Å². The SMILES string of the molecule is C/C=C1/C=CC=NC1=NC. The third-order valence-electron chi connectivity index (χ3n) is 1.34. The summed E-state index contributed by atoms with van der Waals surface area (Å²) >= 11 is 0. The summed E-state index contributed by atoms with van der Waals surface area (Å²) < 4.78 is 0. The van der Waals surface area contributed by atoms with E-state index in [0.717, 1.165) is 11.4 Å². The Kier molecular flexibility index (Phi) is 2.15. The van der Waals surface area contributed by atoms with E-state index in [1.165, 1.54) is 0 Å². The molecule has 2 heteroatoms. The molecule has 1 rings (SSSR count). The summed E-state index contributed by atoms with van der Waals surface area (Å²) in [5.41, 5.74) is 1.09. The summed E-state index contributed by atoms with van der Waals surface area (Å²) in [6.07, 6.45) is 7.64. The lowest BCUT2D eigenvalue weighted by Crippen LogP contribution is -2.00. The van der Waals surface area contributed by atoms with Gasteiger partial charge in [-0.3, -0.25) is 4.99 Å². The van der Waals surface area contributed by atoms with Gasteiger partial charge in [-0.05, 0) is 13.0 Å². The lowest BCUT2D eigenvalue weighted by Gasteiger charge is -2.02. The molecule has 52 valence electrons. The quantitative estimate of drug-likeness (QED) is 0.480. The van der Waals surface area contributed by atoms with E-state index in [1.807, 2.05) is 25.2 Å². The standard InChI is InChI=1S/C8H10N2/c1-3-7-5-4-6-10-8(7)9-2/h3-6H,1-2H3/b7-3-,9-8?. The zero-order valence-corrected chi connectivity index (χ0v) is 6.20. The van der Waals surface area contributed by atoms with Crippen LogP contribution in [0.25, 0.3) is 0 Å². The molecule has 0 N–H and O–H groups in total. The van der Waals surface area contributed by atoms with Gasteiger partial charge in [0.05, 0.1) is 0 Å². The first-order valence-corrected chi connectivity index (χ1v) is 3.22. The fourth-order valence-corrected chi connectivity index (χ4v) is 0.822. The summed E-state index contributed by atoms with van der Waals surface area (Å²) in [5.74, 6) is 0.810. The average Bonchev–Trinajstić information content (AvgIpc) is 2.04. The zero-order valence-electron chi connectivity index (χ0n) is 6.20. The molecule has 0 fully saturated rings. The highest BCUT2D eigenvalue weighted by Crippen LogP contribution is 2.04. The molecule has 0 spiro atoms. The number of aliphatic imine (C=N–C) groups is 2. The van der Waals surface area contributed by atoms with Crippen molar-refractivity contribution in [1.29, 1.82) is 0 Å². The summed E-state index contributed by atoms with van der Waals surface area (Å²) in [5, 5.41) is 0. The molecule has 0 saturated heterocycles. The van der Waals surface area contributed by atoms with Crippen LogP contribution in [0.15, 0.2) is 33.8 Å². The minimum absolute atomic E-state index is 0.810. The number of allylic oxidation sites excluding steroid dienone is 2. The second kappa shape index (κ2) is 3.11. The normalized spacial score (nSPS) is 24.6. The average molecular weight is 134 g/mol. The minimum Gasteiger partial charge on any atom is -0.270 e. The van der Waals surface area contributed by atoms with Crippen molar-refractivity contribution in [3.05, 3.63) is 23.8 Å². The summed E-state index contributed by atoms with van der Waals surface area (Å²) in [6.45, 7) is 1.98. The number of hydrogen-bond acceptors (Lipinski definition) is 1. The Hall–Kier alpha value is -1.18. The van der Waals surface area contributed by atoms with Crippen LogP contribution >= 0.6 is 0 Å². The molecule has 0 radical (unpaired) electrons. The molecule has 0 aromatic heterocycles. The Labute approximate surface area is 60.7 Å². The molecule has 0 unspecified atom stereocenters. The van der Waals surface area contributed by atoms with Crippen molar-refractivity contribution in [2.75, 3.05) is 7.05 Å². The van der Waals surface area contributed by atoms with Gasteiger partial charge in [0.15, 0.2) is 5.84 Å². The van der Waals surface area contributed by atoms with Gasteiger partial charge in [-0.2, -0.15) is 0 Å². The van der Waals surface area contributed by atoms with Crippen LogP contribution in [0.4, 0.5) is 0 Å². The molecule has 1 aliphatic heterocycles. The first-order valence-electron chi connectivity index (χ1n) is 3.22. The Morgan fingerprint density at radius 2 is 2.40 bits per heavy atom. The van der Waals surface area contributed by atoms with Crippen LogP contribution in [0.3, 0.4) is 0 Å². The van der Waals surface area contributed by atoms with Crippen LogP contribution in [0.1, 0.15) is 6.92 Å². The molecule has 0 bridgehead atoms. The van der Waals surface area contributed by atoms with Crippen LogP contribution in [0.2, 0.25) is 0 Å². The molecular weight excluding hydrogens is 124 g/mol. The molecule has 0 aromatic rings. The molecule has 0 aromatic carbocycles. The van der Waals surface area contributed by atoms with Gasteiger partial charge in [0.25, 0.3) is 0 Å². The van der Waals surface area contributed by atoms with E-state index >= 15 is 0 Å². The maximum Gasteiger partial charge on any atom is 0.153 e. The summed E-state index contributed by atoms with van der Waals surface area (Å²) in [7, 11) is 1.75. The van der Waals surface area contributed by atoms with E-state index < -0.39 is 0 Å². The Bertz CT molecular complexity index is 206. The number of nitrogens with zero attached hydrogens (tertiary/aromatic N) is 2. The third-order valence-corrected chi connectivity index (χ3v) is 1.34. The van der Waals surface area contributed by atoms with Crippen LogP contribution < -0.4 is 0 Å². The van der Waals surface area contributed by atoms with Crippen molar-refractivity contribution in [3.8, 4) is 0 Å². The van der Waals surface area contributed by atoms with Crippen LogP contribution in [0, 0.1) is 0 Å². The molecule has 1 aliphatic rings. The number of amidine groups is 1. The van der Waals surface area contributed by atoms with E-state index in [0.29, 0.717) is 0 Å². The van der Waals surface area contributed by atoms with Crippen molar-refractivity contribution >= 4 is 12.1 Å². The monoisotopic (exact) mass is 134 g/mol. The molecule has 10 heavy (non-hydrogen) atoms. The molecule has 0 aliphatic carbocycles. The fraction of sp³-hybridized carbons (Fsp3) is 0.250. The lowest BCUT2D eigenvalue weighted by molar-refractivity contribution is 1.38. The Morgan fingerprint density at radius 3 is 2.90 bits per heavy atom. The molecule has 0 saturated carbocycles. The van der Waals surface area contributed by atoms with Gasteiger partial charge >= 0.3 is 0 Å². The van der Waals surface area contributed by atoms with Crippen molar-refractivity contribution in [3.63, 3.8) is 0 Å². The van der Waals surface area contributed by atoms with Gasteiger partial charge in [-0.15, -0.1) is 0 Å². The first kappa shape index (κ1) is 6.93. The van der Waals surface area contributed by atoms with E-state index in [9.17, 15) is 0 Å². The predicted molar refractivity (Wildman–Crippen MR) is 44.7 cm³/mol. The zero-order chi connectivity index (χ0) is 7.40. The van der Waals surface area contributed by atoms with Gasteiger partial charge in [-0.25, -0.2) is 4.99 Å². The summed E-state index contributed by atoms with van der Waals surface area (Å²) in [6, 6.07) is 0. The van der Waals surface area contributed by atoms with Crippen molar-refractivity contribution < 1.29 is 0 Å². The first-order chi connectivity index (χ1) is 4.88. The van der Waals surface area contributed by atoms with Crippen molar-refractivity contribution in [2.45, 2.75) is 6.92 Å². The molecule has 0 atom stereocenters. The second-order valence-electron chi connectivity index (χ2n) is 1.93. The largest absolute Gasteiger partial charge is 0.270 e. The summed E-state index contributed by atoms with van der Waals surface area (Å²) in [4.78, 5) is 8.07. The molecule has 0 amide bonds. The van der Waals surface area contributed by atoms with Gasteiger partial charge in [0.2, 0.25) is 0 Å². The van der Waals surface area contributed by atoms with Crippen molar-refractivity contribution in [1.82, 2.24) is 0 Å². The lowest BCUT2D eigenvalue weighted by atomic mass is 10.2. The van der Waals surface area contributed by atoms with Gasteiger partial charge in [0.1, 0.15) is 0 Å². The highest BCUT2D eigenvalue weighted by Gasteiger charge is 2.00. The Balaban J connectivity index is 2.96. The second-order valence-corrected chi connectivity index (χ2v) is 1.93. The third kappa shape index (κ3) is 1.21. The van der Waals surface area contributed by atoms with Crippen LogP contribution in [-0.4, -0.2) is 19.1 Å². The topological polar surface area (TPSA) is 24.7 Å². The molecular formula is C8H10N2. The van der Waals surface area contributed by atoms with Crippen LogP contribution in [0.5, 0.6) is 0 Å². The highest BCUT2D eigenvalue weighted by molar-refractivity contribution is 6.08. The molecule has 1 heterocycles. The van der Waals surface area contributed by atoms with E-state index in [4.69, 9.17) is 0 Å². The highest BCUT2D eigenvalue weighted by atomic mass is 14.9. The minimum atomic E-state index is 0.810. The van der Waals surface area contributed by atoms with Gasteiger partial charge in [0, 0.05) is 18.8 Å². The van der Waals surface area contributed by atoms with E-state index in [1.54, 1.807) is 13.3 Å². The molecule has 2 nitrogen and oxygen atoms in total. The fourth-order valence-electron chi connectivity index (χ4n) is 0.822. The van der Waals surface area contributed by atoms with Crippen LogP contribution in [-0.2, 0) is 0 Å². The maximum absolute atomic E-state index is 4.07.